The molecule has 0 aliphatic heterocycles. The first-order valence-electron chi connectivity index (χ1n) is 9.95. The van der Waals surface area contributed by atoms with E-state index in [0.29, 0.717) is 25.1 Å². The summed E-state index contributed by atoms with van der Waals surface area (Å²) in [6.07, 6.45) is 2.22. The molecule has 1 atom stereocenters. The van der Waals surface area contributed by atoms with Crippen molar-refractivity contribution < 1.29 is 14.3 Å². The summed E-state index contributed by atoms with van der Waals surface area (Å²) < 4.78 is 5.53. The highest BCUT2D eigenvalue weighted by Crippen LogP contribution is 2.14. The van der Waals surface area contributed by atoms with Gasteiger partial charge < -0.3 is 21.1 Å². The van der Waals surface area contributed by atoms with Gasteiger partial charge in [-0.2, -0.15) is 0 Å². The minimum Gasteiger partial charge on any atom is -0.484 e. The molecule has 0 fully saturated rings. The lowest BCUT2D eigenvalue weighted by atomic mass is 9.96. The van der Waals surface area contributed by atoms with Crippen molar-refractivity contribution in [3.63, 3.8) is 0 Å². The molecule has 0 radical (unpaired) electrons. The summed E-state index contributed by atoms with van der Waals surface area (Å²) in [4.78, 5) is 24.1. The van der Waals surface area contributed by atoms with Gasteiger partial charge in [0.25, 0.3) is 5.91 Å². The second kappa shape index (κ2) is 10.6. The Balaban J connectivity index is 1.73. The van der Waals surface area contributed by atoms with Gasteiger partial charge in [0.1, 0.15) is 5.75 Å². The minimum absolute atomic E-state index is 0.0597. The SMILES string of the molecule is CCCC(C)(N)C(=O)NCCc1ccc(OCC(=O)Nc2ccc(C)cc2)cc1. The summed E-state index contributed by atoms with van der Waals surface area (Å²) in [6, 6.07) is 15.1. The molecule has 4 N–H and O–H groups in total. The number of carbonyl (C=O) groups excluding carboxylic acids is 2. The van der Waals surface area contributed by atoms with Crippen molar-refractivity contribution in [2.45, 2.75) is 45.6 Å². The van der Waals surface area contributed by atoms with Gasteiger partial charge in [-0.1, -0.05) is 43.2 Å². The van der Waals surface area contributed by atoms with E-state index in [1.807, 2.05) is 62.4 Å². The summed E-state index contributed by atoms with van der Waals surface area (Å²) in [5.41, 5.74) is 8.14. The number of carbonyl (C=O) groups is 2. The molecule has 0 bridgehead atoms. The number of aryl methyl sites for hydroxylation is 1. The Bertz CT molecular complexity index is 799. The van der Waals surface area contributed by atoms with Crippen molar-refractivity contribution >= 4 is 17.5 Å². The molecular weight excluding hydrogens is 366 g/mol. The molecule has 1 unspecified atom stereocenters. The molecular formula is C23H31N3O3. The maximum absolute atomic E-state index is 12.1. The first-order valence-corrected chi connectivity index (χ1v) is 9.95. The van der Waals surface area contributed by atoms with E-state index in [1.54, 1.807) is 6.92 Å². The van der Waals surface area contributed by atoms with Gasteiger partial charge >= 0.3 is 0 Å². The zero-order valence-electron chi connectivity index (χ0n) is 17.5. The molecule has 0 spiro atoms. The van der Waals surface area contributed by atoms with Crippen LogP contribution in [0.25, 0.3) is 0 Å². The predicted molar refractivity (Wildman–Crippen MR) is 116 cm³/mol. The van der Waals surface area contributed by atoms with Gasteiger partial charge in [-0.3, -0.25) is 9.59 Å². The van der Waals surface area contributed by atoms with Gasteiger partial charge in [-0.25, -0.2) is 0 Å². The number of benzene rings is 2. The maximum atomic E-state index is 12.1. The van der Waals surface area contributed by atoms with Crippen LogP contribution in [0.4, 0.5) is 5.69 Å². The minimum atomic E-state index is -0.828. The summed E-state index contributed by atoms with van der Waals surface area (Å²) >= 11 is 0. The van der Waals surface area contributed by atoms with Crippen LogP contribution >= 0.6 is 0 Å². The molecule has 0 saturated carbocycles. The van der Waals surface area contributed by atoms with Crippen molar-refractivity contribution in [1.29, 1.82) is 0 Å². The summed E-state index contributed by atoms with van der Waals surface area (Å²) in [7, 11) is 0. The fraction of sp³-hybridized carbons (Fsp3) is 0.391. The normalized spacial score (nSPS) is 12.7. The highest BCUT2D eigenvalue weighted by atomic mass is 16.5. The smallest absolute Gasteiger partial charge is 0.262 e. The quantitative estimate of drug-likeness (QED) is 0.574. The molecule has 6 heteroatoms. The zero-order valence-corrected chi connectivity index (χ0v) is 17.5. The molecule has 6 nitrogen and oxygen atoms in total. The van der Waals surface area contributed by atoms with E-state index in [1.165, 1.54) is 0 Å². The van der Waals surface area contributed by atoms with Crippen LogP contribution in [0.1, 0.15) is 37.8 Å². The molecule has 156 valence electrons. The van der Waals surface area contributed by atoms with Crippen molar-refractivity contribution in [3.05, 3.63) is 59.7 Å². The van der Waals surface area contributed by atoms with E-state index < -0.39 is 5.54 Å². The number of hydrogen-bond donors (Lipinski definition) is 3. The van der Waals surface area contributed by atoms with E-state index in [4.69, 9.17) is 10.5 Å². The van der Waals surface area contributed by atoms with E-state index in [-0.39, 0.29) is 18.4 Å². The maximum Gasteiger partial charge on any atom is 0.262 e. The van der Waals surface area contributed by atoms with Crippen LogP contribution in [0.2, 0.25) is 0 Å². The molecule has 0 saturated heterocycles. The van der Waals surface area contributed by atoms with E-state index in [0.717, 1.165) is 23.2 Å². The standard InChI is InChI=1S/C23H31N3O3/c1-4-14-23(3,24)22(28)25-15-13-18-7-11-20(12-8-18)29-16-21(27)26-19-9-5-17(2)6-10-19/h5-12H,4,13-16,24H2,1-3H3,(H,25,28)(H,26,27). The van der Waals surface area contributed by atoms with E-state index in [9.17, 15) is 9.59 Å². The third-order valence-corrected chi connectivity index (χ3v) is 4.62. The highest BCUT2D eigenvalue weighted by molar-refractivity contribution is 5.91. The number of nitrogens with one attached hydrogen (secondary N) is 2. The van der Waals surface area contributed by atoms with Gasteiger partial charge in [-0.05, 0) is 56.5 Å². The summed E-state index contributed by atoms with van der Waals surface area (Å²) in [6.45, 7) is 6.22. The lowest BCUT2D eigenvalue weighted by Crippen LogP contribution is -2.51. The van der Waals surface area contributed by atoms with Crippen LogP contribution in [0, 0.1) is 6.92 Å². The van der Waals surface area contributed by atoms with Crippen molar-refractivity contribution in [2.75, 3.05) is 18.5 Å². The van der Waals surface area contributed by atoms with E-state index in [2.05, 4.69) is 10.6 Å². The fourth-order valence-corrected chi connectivity index (χ4v) is 2.89. The molecule has 0 aliphatic carbocycles. The third-order valence-electron chi connectivity index (χ3n) is 4.62. The molecule has 2 aromatic carbocycles. The van der Waals surface area contributed by atoms with Crippen LogP contribution in [-0.2, 0) is 16.0 Å². The van der Waals surface area contributed by atoms with Crippen LogP contribution in [0.15, 0.2) is 48.5 Å². The zero-order chi connectivity index (χ0) is 21.3. The summed E-state index contributed by atoms with van der Waals surface area (Å²) in [5, 5.41) is 5.69. The van der Waals surface area contributed by atoms with Gasteiger partial charge in [0.2, 0.25) is 5.91 Å². The molecule has 0 aromatic heterocycles. The molecule has 2 rings (SSSR count). The molecule has 0 heterocycles. The Morgan fingerprint density at radius 2 is 1.72 bits per heavy atom. The molecule has 2 amide bonds. The van der Waals surface area contributed by atoms with E-state index >= 15 is 0 Å². The van der Waals surface area contributed by atoms with Gasteiger partial charge in [0, 0.05) is 12.2 Å². The van der Waals surface area contributed by atoms with Gasteiger partial charge in [0.15, 0.2) is 6.61 Å². The number of amides is 2. The molecule has 2 aromatic rings. The van der Waals surface area contributed by atoms with Crippen molar-refractivity contribution in [3.8, 4) is 5.75 Å². The number of hydrogen-bond acceptors (Lipinski definition) is 4. The third kappa shape index (κ3) is 7.58. The number of rotatable bonds is 10. The Kier molecular flexibility index (Phi) is 8.21. The molecule has 29 heavy (non-hydrogen) atoms. The Labute approximate surface area is 172 Å². The number of nitrogens with two attached hydrogens (primary N) is 1. The largest absolute Gasteiger partial charge is 0.484 e. The fourth-order valence-electron chi connectivity index (χ4n) is 2.89. The lowest BCUT2D eigenvalue weighted by molar-refractivity contribution is -0.126. The highest BCUT2D eigenvalue weighted by Gasteiger charge is 2.26. The number of ether oxygens (including phenoxy) is 1. The van der Waals surface area contributed by atoms with Crippen molar-refractivity contribution in [1.82, 2.24) is 5.32 Å². The monoisotopic (exact) mass is 397 g/mol. The Hall–Kier alpha value is -2.86. The first-order chi connectivity index (χ1) is 13.8. The second-order valence-corrected chi connectivity index (χ2v) is 7.52. The lowest BCUT2D eigenvalue weighted by Gasteiger charge is -2.22. The number of anilines is 1. The average molecular weight is 398 g/mol. The Morgan fingerprint density at radius 3 is 2.34 bits per heavy atom. The van der Waals surface area contributed by atoms with Gasteiger partial charge in [-0.15, -0.1) is 0 Å². The van der Waals surface area contributed by atoms with Crippen LogP contribution < -0.4 is 21.1 Å². The van der Waals surface area contributed by atoms with Crippen LogP contribution in [0.5, 0.6) is 5.75 Å². The van der Waals surface area contributed by atoms with Crippen LogP contribution in [-0.4, -0.2) is 30.5 Å². The Morgan fingerprint density at radius 1 is 1.07 bits per heavy atom. The van der Waals surface area contributed by atoms with Crippen LogP contribution in [0.3, 0.4) is 0 Å². The molecule has 0 aliphatic rings. The topological polar surface area (TPSA) is 93.5 Å². The van der Waals surface area contributed by atoms with Crippen molar-refractivity contribution in [2.24, 2.45) is 5.73 Å². The average Bonchev–Trinajstić information content (AvgIpc) is 2.69. The summed E-state index contributed by atoms with van der Waals surface area (Å²) in [5.74, 6) is 0.283. The van der Waals surface area contributed by atoms with Gasteiger partial charge in [0.05, 0.1) is 5.54 Å². The predicted octanol–water partition coefficient (Wildman–Crippen LogP) is 3.19. The first kappa shape index (κ1) is 22.4. The second-order valence-electron chi connectivity index (χ2n) is 7.52.